The Morgan fingerprint density at radius 3 is 2.71 bits per heavy atom. The maximum atomic E-state index is 11.6. The van der Waals surface area contributed by atoms with E-state index in [0.717, 1.165) is 12.4 Å². The van der Waals surface area contributed by atoms with Gasteiger partial charge in [-0.15, -0.1) is 11.3 Å². The van der Waals surface area contributed by atoms with Crippen LogP contribution in [0.15, 0.2) is 17.1 Å². The summed E-state index contributed by atoms with van der Waals surface area (Å²) in [6.07, 6.45) is 5.69. The second kappa shape index (κ2) is 7.87. The van der Waals surface area contributed by atoms with Gasteiger partial charge in [0.1, 0.15) is 0 Å². The minimum Gasteiger partial charge on any atom is -0.356 e. The predicted octanol–water partition coefficient (Wildman–Crippen LogP) is 2.47. The van der Waals surface area contributed by atoms with Crippen LogP contribution in [-0.4, -0.2) is 38.5 Å². The van der Waals surface area contributed by atoms with Crippen LogP contribution < -0.4 is 10.6 Å². The number of hydrogen-bond acceptors (Lipinski definition) is 4. The number of nitrogens with one attached hydrogen (secondary N) is 2. The summed E-state index contributed by atoms with van der Waals surface area (Å²) in [7, 11) is -2.82. The topological polar surface area (TPSA) is 70.6 Å². The Labute approximate surface area is 148 Å². The van der Waals surface area contributed by atoms with Crippen molar-refractivity contribution in [3.63, 3.8) is 0 Å². The number of aryl methyl sites for hydroxylation is 1. The zero-order valence-electron chi connectivity index (χ0n) is 14.3. The molecular formula is C17H27N3O2S2. The molecule has 1 aliphatic carbocycles. The largest absolute Gasteiger partial charge is 0.356 e. The highest BCUT2D eigenvalue weighted by molar-refractivity contribution is 7.91. The van der Waals surface area contributed by atoms with Crippen molar-refractivity contribution >= 4 is 27.1 Å². The van der Waals surface area contributed by atoms with Crippen molar-refractivity contribution in [1.29, 1.82) is 0 Å². The Morgan fingerprint density at radius 2 is 2.08 bits per heavy atom. The van der Waals surface area contributed by atoms with Crippen LogP contribution in [0, 0.1) is 12.8 Å². The lowest BCUT2D eigenvalue weighted by atomic mass is 10.1. The van der Waals surface area contributed by atoms with Crippen LogP contribution in [0.3, 0.4) is 0 Å². The van der Waals surface area contributed by atoms with Gasteiger partial charge >= 0.3 is 0 Å². The normalized spacial score (nSPS) is 24.4. The lowest BCUT2D eigenvalue weighted by Gasteiger charge is -2.19. The number of thiophene rings is 1. The molecule has 1 aliphatic heterocycles. The molecule has 1 atom stereocenters. The van der Waals surface area contributed by atoms with Crippen molar-refractivity contribution in [2.24, 2.45) is 10.9 Å². The highest BCUT2D eigenvalue weighted by Gasteiger charge is 2.28. The lowest BCUT2D eigenvalue weighted by molar-refractivity contribution is 0.553. The summed E-state index contributed by atoms with van der Waals surface area (Å²) in [4.78, 5) is 7.28. The smallest absolute Gasteiger partial charge is 0.191 e. The number of nitrogens with zero attached hydrogens (tertiary/aromatic N) is 1. The van der Waals surface area contributed by atoms with E-state index in [2.05, 4.69) is 29.7 Å². The van der Waals surface area contributed by atoms with E-state index in [4.69, 9.17) is 4.99 Å². The number of rotatable bonds is 5. The molecule has 1 saturated heterocycles. The average Bonchev–Trinajstić information content (AvgIpc) is 3.24. The molecule has 2 heterocycles. The lowest BCUT2D eigenvalue weighted by Crippen LogP contribution is -2.44. The minimum absolute atomic E-state index is 0.203. The third-order valence-electron chi connectivity index (χ3n) is 4.77. The van der Waals surface area contributed by atoms with Gasteiger partial charge < -0.3 is 10.6 Å². The van der Waals surface area contributed by atoms with Crippen molar-refractivity contribution in [3.8, 4) is 0 Å². The standard InChI is InChI=1S/C17H27N3O2S2/c1-13-6-7-16(23-13)11-19-17(20-15-4-2-3-5-15)18-10-14-8-9-24(21,22)12-14/h6-7,14-15H,2-5,8-12H2,1H3,(H2,18,19,20). The van der Waals surface area contributed by atoms with Gasteiger partial charge in [-0.05, 0) is 44.2 Å². The van der Waals surface area contributed by atoms with Crippen LogP contribution in [0.25, 0.3) is 0 Å². The zero-order valence-corrected chi connectivity index (χ0v) is 15.9. The van der Waals surface area contributed by atoms with E-state index in [1.165, 1.54) is 35.4 Å². The molecule has 0 radical (unpaired) electrons. The molecule has 3 rings (SSSR count). The van der Waals surface area contributed by atoms with E-state index < -0.39 is 9.84 Å². The molecule has 1 aromatic heterocycles. The molecule has 2 aliphatic rings. The van der Waals surface area contributed by atoms with Crippen LogP contribution in [0.1, 0.15) is 41.9 Å². The molecule has 24 heavy (non-hydrogen) atoms. The third kappa shape index (κ3) is 5.21. The van der Waals surface area contributed by atoms with Crippen LogP contribution in [0.4, 0.5) is 0 Å². The molecule has 1 saturated carbocycles. The van der Waals surface area contributed by atoms with Gasteiger partial charge in [0.05, 0.1) is 18.1 Å². The fourth-order valence-corrected chi connectivity index (χ4v) is 6.09. The Hall–Kier alpha value is -1.08. The first-order valence-electron chi connectivity index (χ1n) is 8.81. The molecule has 1 unspecified atom stereocenters. The first-order chi connectivity index (χ1) is 11.5. The van der Waals surface area contributed by atoms with Crippen molar-refractivity contribution in [2.75, 3.05) is 18.1 Å². The monoisotopic (exact) mass is 369 g/mol. The first kappa shape index (κ1) is 17.7. The van der Waals surface area contributed by atoms with E-state index in [0.29, 0.717) is 30.6 Å². The van der Waals surface area contributed by atoms with Gasteiger partial charge in [0.2, 0.25) is 0 Å². The minimum atomic E-state index is -2.82. The number of guanidine groups is 1. The second-order valence-corrected chi connectivity index (χ2v) is 10.6. The Kier molecular flexibility index (Phi) is 5.81. The molecule has 0 bridgehead atoms. The number of sulfone groups is 1. The Balaban J connectivity index is 1.58. The van der Waals surface area contributed by atoms with E-state index in [1.54, 1.807) is 11.3 Å². The summed E-state index contributed by atoms with van der Waals surface area (Å²) in [5.74, 6) is 1.67. The average molecular weight is 370 g/mol. The summed E-state index contributed by atoms with van der Waals surface area (Å²) in [6.45, 7) is 3.46. The molecule has 0 amide bonds. The fraction of sp³-hybridized carbons (Fsp3) is 0.706. The van der Waals surface area contributed by atoms with Gasteiger partial charge in [-0.25, -0.2) is 13.4 Å². The van der Waals surface area contributed by atoms with Crippen molar-refractivity contribution in [2.45, 2.75) is 51.6 Å². The maximum absolute atomic E-state index is 11.6. The van der Waals surface area contributed by atoms with Crippen LogP contribution in [-0.2, 0) is 16.4 Å². The molecule has 1 aromatic rings. The summed E-state index contributed by atoms with van der Waals surface area (Å²) in [5, 5.41) is 6.91. The van der Waals surface area contributed by atoms with Gasteiger partial charge in [0.25, 0.3) is 0 Å². The van der Waals surface area contributed by atoms with Gasteiger partial charge in [0.15, 0.2) is 15.8 Å². The molecule has 0 spiro atoms. The number of hydrogen-bond donors (Lipinski definition) is 2. The molecular weight excluding hydrogens is 342 g/mol. The predicted molar refractivity (Wildman–Crippen MR) is 100 cm³/mol. The summed E-state index contributed by atoms with van der Waals surface area (Å²) >= 11 is 1.77. The summed E-state index contributed by atoms with van der Waals surface area (Å²) < 4.78 is 23.2. The zero-order chi connectivity index (χ0) is 17.0. The van der Waals surface area contributed by atoms with Gasteiger partial charge in [-0.2, -0.15) is 0 Å². The Morgan fingerprint density at radius 1 is 1.29 bits per heavy atom. The maximum Gasteiger partial charge on any atom is 0.191 e. The van der Waals surface area contributed by atoms with Crippen LogP contribution >= 0.6 is 11.3 Å². The second-order valence-electron chi connectivity index (χ2n) is 6.95. The highest BCUT2D eigenvalue weighted by Crippen LogP contribution is 2.19. The van der Waals surface area contributed by atoms with Crippen molar-refractivity contribution < 1.29 is 8.42 Å². The summed E-state index contributed by atoms with van der Waals surface area (Å²) in [5.41, 5.74) is 0. The van der Waals surface area contributed by atoms with E-state index in [-0.39, 0.29) is 5.92 Å². The summed E-state index contributed by atoms with van der Waals surface area (Å²) in [6, 6.07) is 4.74. The van der Waals surface area contributed by atoms with E-state index in [1.807, 2.05) is 0 Å². The molecule has 0 aromatic carbocycles. The van der Waals surface area contributed by atoms with Crippen molar-refractivity contribution in [1.82, 2.24) is 10.6 Å². The number of aliphatic imine (C=N–C) groups is 1. The highest BCUT2D eigenvalue weighted by atomic mass is 32.2. The van der Waals surface area contributed by atoms with Gasteiger partial charge in [-0.1, -0.05) is 12.8 Å². The molecule has 134 valence electrons. The molecule has 2 N–H and O–H groups in total. The van der Waals surface area contributed by atoms with E-state index >= 15 is 0 Å². The SMILES string of the molecule is Cc1ccc(CN=C(NCC2CCS(=O)(=O)C2)NC2CCCC2)s1. The van der Waals surface area contributed by atoms with Crippen LogP contribution in [0.2, 0.25) is 0 Å². The van der Waals surface area contributed by atoms with E-state index in [9.17, 15) is 8.42 Å². The fourth-order valence-electron chi connectivity index (χ4n) is 3.42. The van der Waals surface area contributed by atoms with Crippen molar-refractivity contribution in [3.05, 3.63) is 21.9 Å². The van der Waals surface area contributed by atoms with Gasteiger partial charge in [0, 0.05) is 22.3 Å². The third-order valence-corrected chi connectivity index (χ3v) is 7.59. The quantitative estimate of drug-likeness (QED) is 0.618. The molecule has 7 heteroatoms. The Bertz CT molecular complexity index is 676. The molecule has 2 fully saturated rings. The van der Waals surface area contributed by atoms with Crippen LogP contribution in [0.5, 0.6) is 0 Å². The first-order valence-corrected chi connectivity index (χ1v) is 11.4. The molecule has 5 nitrogen and oxygen atoms in total. The van der Waals surface area contributed by atoms with Gasteiger partial charge in [-0.3, -0.25) is 0 Å².